The van der Waals surface area contributed by atoms with E-state index in [2.05, 4.69) is 10.1 Å². The maximum absolute atomic E-state index is 11.8. The fraction of sp³-hybridized carbons (Fsp3) is 0.200. The van der Waals surface area contributed by atoms with Crippen molar-refractivity contribution >= 4 is 28.4 Å². The number of cyclic esters (lactones) is 2. The molecule has 6 heteroatoms. The summed E-state index contributed by atoms with van der Waals surface area (Å²) in [6, 6.07) is 8.35. The second-order valence-electron chi connectivity index (χ2n) is 4.78. The minimum atomic E-state index is -0.887. The standard InChI is InChI=1S/C15H13NO5/c17-7-8(18)6-16-12-5-4-11-13-9(12)2-1-3-10(13)14(19)21-15(11)20/h1-5,8,16-18H,6-7H2. The van der Waals surface area contributed by atoms with E-state index < -0.39 is 18.0 Å². The van der Waals surface area contributed by atoms with Crippen molar-refractivity contribution < 1.29 is 24.5 Å². The van der Waals surface area contributed by atoms with Crippen LogP contribution >= 0.6 is 0 Å². The molecule has 0 amide bonds. The Labute approximate surface area is 120 Å². The van der Waals surface area contributed by atoms with Gasteiger partial charge in [-0.05, 0) is 18.2 Å². The van der Waals surface area contributed by atoms with E-state index in [1.54, 1.807) is 30.3 Å². The molecule has 1 aliphatic heterocycles. The van der Waals surface area contributed by atoms with E-state index in [4.69, 9.17) is 5.11 Å². The van der Waals surface area contributed by atoms with Gasteiger partial charge in [0.05, 0.1) is 23.8 Å². The van der Waals surface area contributed by atoms with Crippen LogP contribution in [0.15, 0.2) is 30.3 Å². The van der Waals surface area contributed by atoms with Gasteiger partial charge in [-0.25, -0.2) is 9.59 Å². The minimum Gasteiger partial charge on any atom is -0.394 e. The molecule has 0 spiro atoms. The van der Waals surface area contributed by atoms with Crippen molar-refractivity contribution in [1.82, 2.24) is 0 Å². The van der Waals surface area contributed by atoms with Gasteiger partial charge >= 0.3 is 11.9 Å². The van der Waals surface area contributed by atoms with Crippen LogP contribution in [-0.4, -0.2) is 41.4 Å². The van der Waals surface area contributed by atoms with Gasteiger partial charge in [0.1, 0.15) is 0 Å². The Balaban J connectivity index is 2.12. The highest BCUT2D eigenvalue weighted by Gasteiger charge is 2.27. The van der Waals surface area contributed by atoms with Gasteiger partial charge in [0, 0.05) is 23.0 Å². The molecule has 0 aromatic heterocycles. The van der Waals surface area contributed by atoms with Gasteiger partial charge in [-0.3, -0.25) is 0 Å². The lowest BCUT2D eigenvalue weighted by Crippen LogP contribution is -2.23. The van der Waals surface area contributed by atoms with Gasteiger partial charge in [-0.15, -0.1) is 0 Å². The zero-order chi connectivity index (χ0) is 15.0. The van der Waals surface area contributed by atoms with Gasteiger partial charge < -0.3 is 20.3 Å². The van der Waals surface area contributed by atoms with Crippen molar-refractivity contribution in [3.63, 3.8) is 0 Å². The molecule has 3 N–H and O–H groups in total. The Morgan fingerprint density at radius 1 is 1.10 bits per heavy atom. The third-order valence-electron chi connectivity index (χ3n) is 3.40. The quantitative estimate of drug-likeness (QED) is 0.571. The van der Waals surface area contributed by atoms with Crippen molar-refractivity contribution in [3.8, 4) is 0 Å². The fourth-order valence-corrected chi connectivity index (χ4v) is 2.39. The Morgan fingerprint density at radius 3 is 2.52 bits per heavy atom. The third kappa shape index (κ3) is 2.24. The molecule has 0 aliphatic carbocycles. The van der Waals surface area contributed by atoms with E-state index in [1.165, 1.54) is 0 Å². The molecule has 2 aromatic rings. The highest BCUT2D eigenvalue weighted by atomic mass is 16.6. The zero-order valence-electron chi connectivity index (χ0n) is 11.0. The molecule has 1 unspecified atom stereocenters. The highest BCUT2D eigenvalue weighted by molar-refractivity contribution is 6.22. The molecule has 6 nitrogen and oxygen atoms in total. The van der Waals surface area contributed by atoms with E-state index in [9.17, 15) is 14.7 Å². The second kappa shape index (κ2) is 5.16. The Morgan fingerprint density at radius 2 is 1.81 bits per heavy atom. The first-order valence-electron chi connectivity index (χ1n) is 6.47. The van der Waals surface area contributed by atoms with Crippen LogP contribution in [0.5, 0.6) is 0 Å². The molecule has 0 fully saturated rings. The maximum Gasteiger partial charge on any atom is 0.346 e. The lowest BCUT2D eigenvalue weighted by atomic mass is 9.96. The first-order chi connectivity index (χ1) is 10.1. The number of hydrogen-bond donors (Lipinski definition) is 3. The van der Waals surface area contributed by atoms with Crippen LogP contribution < -0.4 is 5.32 Å². The van der Waals surface area contributed by atoms with Crippen LogP contribution in [-0.2, 0) is 4.74 Å². The topological polar surface area (TPSA) is 95.9 Å². The number of rotatable bonds is 4. The number of anilines is 1. The third-order valence-corrected chi connectivity index (χ3v) is 3.40. The normalized spacial score (nSPS) is 15.0. The lowest BCUT2D eigenvalue weighted by Gasteiger charge is -2.18. The number of benzene rings is 2. The highest BCUT2D eigenvalue weighted by Crippen LogP contribution is 2.33. The van der Waals surface area contributed by atoms with E-state index in [0.717, 1.165) is 0 Å². The molecule has 0 bridgehead atoms. The van der Waals surface area contributed by atoms with Crippen molar-refractivity contribution in [2.45, 2.75) is 6.10 Å². The summed E-state index contributed by atoms with van der Waals surface area (Å²) in [5.41, 5.74) is 1.35. The van der Waals surface area contributed by atoms with E-state index in [-0.39, 0.29) is 13.2 Å². The van der Waals surface area contributed by atoms with Crippen LogP contribution in [0.25, 0.3) is 10.8 Å². The van der Waals surface area contributed by atoms with Crippen LogP contribution in [0.2, 0.25) is 0 Å². The number of aliphatic hydroxyl groups excluding tert-OH is 2. The van der Waals surface area contributed by atoms with Crippen molar-refractivity contribution in [3.05, 3.63) is 41.5 Å². The summed E-state index contributed by atoms with van der Waals surface area (Å²) >= 11 is 0. The molecule has 3 rings (SSSR count). The van der Waals surface area contributed by atoms with Gasteiger partial charge in [0.15, 0.2) is 0 Å². The van der Waals surface area contributed by atoms with Crippen molar-refractivity contribution in [2.75, 3.05) is 18.5 Å². The van der Waals surface area contributed by atoms with Gasteiger partial charge in [0.25, 0.3) is 0 Å². The molecular weight excluding hydrogens is 274 g/mol. The first kappa shape index (κ1) is 13.5. The molecule has 0 saturated heterocycles. The Kier molecular flexibility index (Phi) is 3.32. The van der Waals surface area contributed by atoms with E-state index in [0.29, 0.717) is 27.6 Å². The average molecular weight is 287 g/mol. The fourth-order valence-electron chi connectivity index (χ4n) is 2.39. The molecule has 108 valence electrons. The minimum absolute atomic E-state index is 0.160. The molecular formula is C15H13NO5. The molecule has 1 atom stereocenters. The zero-order valence-corrected chi connectivity index (χ0v) is 11.0. The predicted octanol–water partition coefficient (Wildman–Crippen LogP) is 0.915. The smallest absolute Gasteiger partial charge is 0.346 e. The summed E-state index contributed by atoms with van der Waals surface area (Å²) in [6.45, 7) is -0.188. The first-order valence-corrected chi connectivity index (χ1v) is 6.47. The molecule has 21 heavy (non-hydrogen) atoms. The maximum atomic E-state index is 11.8. The number of carbonyl (C=O) groups excluding carboxylic acids is 2. The molecule has 2 aromatic carbocycles. The van der Waals surface area contributed by atoms with Crippen LogP contribution in [0.1, 0.15) is 20.7 Å². The summed E-state index contributed by atoms with van der Waals surface area (Å²) < 4.78 is 4.69. The Bertz CT molecular complexity index is 720. The molecule has 1 heterocycles. The molecule has 0 saturated carbocycles. The lowest BCUT2D eigenvalue weighted by molar-refractivity contribution is 0.0391. The van der Waals surface area contributed by atoms with Crippen LogP contribution in [0, 0.1) is 0 Å². The van der Waals surface area contributed by atoms with E-state index >= 15 is 0 Å². The number of nitrogens with one attached hydrogen (secondary N) is 1. The van der Waals surface area contributed by atoms with Gasteiger partial charge in [-0.2, -0.15) is 0 Å². The Hall–Kier alpha value is -2.44. The predicted molar refractivity (Wildman–Crippen MR) is 75.3 cm³/mol. The van der Waals surface area contributed by atoms with Gasteiger partial charge in [0.2, 0.25) is 0 Å². The van der Waals surface area contributed by atoms with E-state index in [1.807, 2.05) is 0 Å². The SMILES string of the molecule is O=C1OC(=O)c2ccc(NCC(O)CO)c3cccc1c23. The summed E-state index contributed by atoms with van der Waals surface area (Å²) in [7, 11) is 0. The number of carbonyl (C=O) groups is 2. The largest absolute Gasteiger partial charge is 0.394 e. The van der Waals surface area contributed by atoms with Crippen LogP contribution in [0.3, 0.4) is 0 Å². The van der Waals surface area contributed by atoms with Crippen molar-refractivity contribution in [1.29, 1.82) is 0 Å². The average Bonchev–Trinajstić information content (AvgIpc) is 2.50. The number of aliphatic hydroxyl groups is 2. The molecule has 1 aliphatic rings. The summed E-state index contributed by atoms with van der Waals surface area (Å²) in [5.74, 6) is -1.32. The number of ether oxygens (including phenoxy) is 1. The summed E-state index contributed by atoms with van der Waals surface area (Å²) in [5, 5.41) is 22.5. The number of hydrogen-bond acceptors (Lipinski definition) is 6. The second-order valence-corrected chi connectivity index (χ2v) is 4.78. The summed E-state index contributed by atoms with van der Waals surface area (Å²) in [6.07, 6.45) is -0.887. The monoisotopic (exact) mass is 287 g/mol. The molecule has 0 radical (unpaired) electrons. The van der Waals surface area contributed by atoms with Crippen molar-refractivity contribution in [2.24, 2.45) is 0 Å². The summed E-state index contributed by atoms with van der Waals surface area (Å²) in [4.78, 5) is 23.5. The van der Waals surface area contributed by atoms with Gasteiger partial charge in [-0.1, -0.05) is 12.1 Å². The number of esters is 2. The van der Waals surface area contributed by atoms with Crippen LogP contribution in [0.4, 0.5) is 5.69 Å².